The fourth-order valence-corrected chi connectivity index (χ4v) is 5.84. The zero-order chi connectivity index (χ0) is 27.9. The highest BCUT2D eigenvalue weighted by molar-refractivity contribution is 5.95. The molecule has 214 valence electrons. The largest absolute Gasteiger partial charge is 0.364 e. The van der Waals surface area contributed by atoms with Crippen LogP contribution in [0.3, 0.4) is 0 Å². The van der Waals surface area contributed by atoms with E-state index in [0.717, 1.165) is 37.7 Å². The van der Waals surface area contributed by atoms with Gasteiger partial charge in [-0.1, -0.05) is 12.1 Å². The predicted molar refractivity (Wildman–Crippen MR) is 142 cm³/mol. The van der Waals surface area contributed by atoms with Crippen LogP contribution in [0.25, 0.3) is 5.65 Å². The van der Waals surface area contributed by atoms with E-state index in [4.69, 9.17) is 9.51 Å². The highest BCUT2D eigenvalue weighted by Gasteiger charge is 2.40. The van der Waals surface area contributed by atoms with Crippen molar-refractivity contribution in [1.82, 2.24) is 30.4 Å². The van der Waals surface area contributed by atoms with Crippen LogP contribution < -0.4 is 10.6 Å². The summed E-state index contributed by atoms with van der Waals surface area (Å²) in [5.41, 5.74) is 3.07. The summed E-state index contributed by atoms with van der Waals surface area (Å²) in [5.74, 6) is -2.30. The van der Waals surface area contributed by atoms with Crippen LogP contribution in [-0.2, 0) is 11.2 Å². The van der Waals surface area contributed by atoms with Crippen molar-refractivity contribution in [2.45, 2.75) is 95.6 Å². The molecule has 0 aliphatic heterocycles. The van der Waals surface area contributed by atoms with E-state index in [9.17, 15) is 18.4 Å². The van der Waals surface area contributed by atoms with Gasteiger partial charge in [-0.15, -0.1) is 0 Å². The van der Waals surface area contributed by atoms with Crippen LogP contribution in [0, 0.1) is 17.8 Å². The zero-order valence-electron chi connectivity index (χ0n) is 22.7. The van der Waals surface area contributed by atoms with Gasteiger partial charge in [-0.3, -0.25) is 9.59 Å². The van der Waals surface area contributed by atoms with Gasteiger partial charge in [0.15, 0.2) is 5.65 Å². The number of hydrogen-bond acceptors (Lipinski definition) is 6. The molecular formula is C29H36F2N6O3. The molecular weight excluding hydrogens is 518 g/mol. The van der Waals surface area contributed by atoms with Crippen LogP contribution in [0.1, 0.15) is 111 Å². The molecule has 3 aromatic heterocycles. The fraction of sp³-hybridized carbons (Fsp3) is 0.621. The van der Waals surface area contributed by atoms with Crippen LogP contribution in [-0.4, -0.2) is 37.5 Å². The van der Waals surface area contributed by atoms with E-state index in [-0.39, 0.29) is 49.5 Å². The molecule has 6 rings (SSSR count). The lowest BCUT2D eigenvalue weighted by molar-refractivity contribution is -0.122. The average molecular weight is 555 g/mol. The molecule has 0 saturated heterocycles. The van der Waals surface area contributed by atoms with E-state index >= 15 is 0 Å². The summed E-state index contributed by atoms with van der Waals surface area (Å²) in [6.45, 7) is 1.98. The second-order valence-corrected chi connectivity index (χ2v) is 11.9. The molecule has 11 heteroatoms. The van der Waals surface area contributed by atoms with Crippen molar-refractivity contribution in [1.29, 1.82) is 0 Å². The predicted octanol–water partition coefficient (Wildman–Crippen LogP) is 5.33. The number of carbonyl (C=O) groups excluding carboxylic acids is 2. The average Bonchev–Trinajstić information content (AvgIpc) is 3.84. The van der Waals surface area contributed by atoms with Gasteiger partial charge in [0.2, 0.25) is 11.8 Å². The third kappa shape index (κ3) is 6.02. The Morgan fingerprint density at radius 1 is 1.10 bits per heavy atom. The van der Waals surface area contributed by atoms with Crippen molar-refractivity contribution in [3.05, 3.63) is 47.2 Å². The maximum Gasteiger partial charge on any atom is 0.257 e. The van der Waals surface area contributed by atoms with E-state index in [1.807, 2.05) is 13.0 Å². The van der Waals surface area contributed by atoms with Gasteiger partial charge in [0.1, 0.15) is 11.8 Å². The minimum absolute atomic E-state index is 0.0231. The lowest BCUT2D eigenvalue weighted by Gasteiger charge is -2.33. The van der Waals surface area contributed by atoms with E-state index in [2.05, 4.69) is 20.9 Å². The molecule has 2 N–H and O–H groups in total. The first kappa shape index (κ1) is 26.8. The van der Waals surface area contributed by atoms with E-state index in [1.54, 1.807) is 16.9 Å². The molecule has 9 nitrogen and oxygen atoms in total. The molecule has 3 aliphatic rings. The summed E-state index contributed by atoms with van der Waals surface area (Å²) >= 11 is 0. The molecule has 0 spiro atoms. The van der Waals surface area contributed by atoms with Crippen molar-refractivity contribution in [2.24, 2.45) is 17.8 Å². The third-order valence-electron chi connectivity index (χ3n) is 8.51. The van der Waals surface area contributed by atoms with Gasteiger partial charge in [-0.05, 0) is 80.8 Å². The molecule has 3 saturated carbocycles. The smallest absolute Gasteiger partial charge is 0.257 e. The Morgan fingerprint density at radius 2 is 1.85 bits per heavy atom. The third-order valence-corrected chi connectivity index (χ3v) is 8.51. The number of fused-ring (bicyclic) bond motifs is 1. The molecule has 0 aromatic carbocycles. The highest BCUT2D eigenvalue weighted by atomic mass is 19.3. The van der Waals surface area contributed by atoms with Crippen LogP contribution in [0.2, 0.25) is 0 Å². The van der Waals surface area contributed by atoms with Crippen LogP contribution in [0.4, 0.5) is 8.78 Å². The summed E-state index contributed by atoms with van der Waals surface area (Å²) in [6.07, 6.45) is 11.3. The van der Waals surface area contributed by atoms with Gasteiger partial charge < -0.3 is 15.2 Å². The summed E-state index contributed by atoms with van der Waals surface area (Å²) in [5, 5.41) is 14.9. The zero-order valence-corrected chi connectivity index (χ0v) is 22.7. The first-order valence-electron chi connectivity index (χ1n) is 14.6. The van der Waals surface area contributed by atoms with E-state index in [0.29, 0.717) is 47.3 Å². The quantitative estimate of drug-likeness (QED) is 0.331. The Balaban J connectivity index is 1.27. The van der Waals surface area contributed by atoms with Crippen molar-refractivity contribution in [3.8, 4) is 0 Å². The minimum Gasteiger partial charge on any atom is -0.364 e. The van der Waals surface area contributed by atoms with Crippen LogP contribution >= 0.6 is 0 Å². The Kier molecular flexibility index (Phi) is 7.31. The maximum atomic E-state index is 14.0. The normalized spacial score (nSPS) is 20.8. The monoisotopic (exact) mass is 554 g/mol. The minimum atomic E-state index is -2.69. The second-order valence-electron chi connectivity index (χ2n) is 11.9. The molecule has 2 atom stereocenters. The van der Waals surface area contributed by atoms with E-state index in [1.165, 1.54) is 6.26 Å². The number of aromatic nitrogens is 4. The maximum absolute atomic E-state index is 14.0. The molecule has 3 heterocycles. The molecule has 0 bridgehead atoms. The van der Waals surface area contributed by atoms with Crippen molar-refractivity contribution in [3.63, 3.8) is 0 Å². The van der Waals surface area contributed by atoms with Crippen molar-refractivity contribution < 1.29 is 22.9 Å². The Hall–Kier alpha value is -3.37. The molecule has 2 amide bonds. The van der Waals surface area contributed by atoms with Gasteiger partial charge in [0.25, 0.3) is 5.91 Å². The lowest BCUT2D eigenvalue weighted by atomic mass is 9.81. The molecule has 3 aliphatic carbocycles. The Bertz CT molecular complexity index is 1370. The van der Waals surface area contributed by atoms with Crippen LogP contribution in [0.15, 0.2) is 29.2 Å². The number of nitrogens with one attached hydrogen (secondary N) is 2. The summed E-state index contributed by atoms with van der Waals surface area (Å²) in [6, 6.07) is 1.24. The number of halogens is 2. The summed E-state index contributed by atoms with van der Waals surface area (Å²) in [4.78, 5) is 30.6. The summed E-state index contributed by atoms with van der Waals surface area (Å²) < 4.78 is 34.9. The van der Waals surface area contributed by atoms with Crippen LogP contribution in [0.5, 0.6) is 0 Å². The van der Waals surface area contributed by atoms with Gasteiger partial charge in [0.05, 0.1) is 35.9 Å². The topological polar surface area (TPSA) is 114 Å². The summed E-state index contributed by atoms with van der Waals surface area (Å²) in [7, 11) is 0. The Morgan fingerprint density at radius 3 is 2.55 bits per heavy atom. The highest BCUT2D eigenvalue weighted by Crippen LogP contribution is 2.43. The number of rotatable bonds is 11. The number of carbonyl (C=O) groups is 2. The number of imidazole rings is 1. The standard InChI is InChI=1S/C29H36F2N6O3/c1-2-3-25(38)34-26(18-6-7-18)20-13-24-33-23(15-37(24)32-14-20)27(19-8-10-29(30,31)11-9-19)35-28(39)21-16-40-36-22(21)12-17-4-5-17/h13-19,26-27H,2-12H2,1H3,(H,34,38)(H,35,39)/t26-,27+/m1/s1. The molecule has 0 unspecified atom stereocenters. The fourth-order valence-electron chi connectivity index (χ4n) is 5.84. The molecule has 3 aromatic rings. The number of amides is 2. The molecule has 40 heavy (non-hydrogen) atoms. The Labute approximate surface area is 231 Å². The van der Waals surface area contributed by atoms with Gasteiger partial charge in [-0.2, -0.15) is 5.10 Å². The lowest BCUT2D eigenvalue weighted by Crippen LogP contribution is -2.37. The number of nitrogens with zero attached hydrogens (tertiary/aromatic N) is 4. The van der Waals surface area contributed by atoms with Gasteiger partial charge in [0, 0.05) is 19.3 Å². The molecule has 0 radical (unpaired) electrons. The number of alkyl halides is 2. The molecule has 3 fully saturated rings. The van der Waals surface area contributed by atoms with Crippen molar-refractivity contribution in [2.75, 3.05) is 0 Å². The number of hydrogen-bond donors (Lipinski definition) is 2. The van der Waals surface area contributed by atoms with Crippen molar-refractivity contribution >= 4 is 17.5 Å². The SMILES string of the molecule is CCCC(=O)N[C@@H](c1cnn2cc([C@@H](NC(=O)c3conc3CC3CC3)C3CCC(F)(F)CC3)nc2c1)C1CC1. The van der Waals surface area contributed by atoms with E-state index < -0.39 is 12.0 Å². The first-order valence-corrected chi connectivity index (χ1v) is 14.6. The second kappa shape index (κ2) is 10.9. The van der Waals surface area contributed by atoms with Gasteiger partial charge >= 0.3 is 0 Å². The van der Waals surface area contributed by atoms with Gasteiger partial charge in [-0.25, -0.2) is 18.3 Å². The first-order chi connectivity index (χ1) is 19.3.